The van der Waals surface area contributed by atoms with Crippen molar-refractivity contribution in [1.29, 1.82) is 0 Å². The SMILES string of the molecule is Fc1ccc(C2=CCC(C3CCC(I)CC3)CC2)cc1. The summed E-state index contributed by atoms with van der Waals surface area (Å²) >= 11 is 2.61. The number of hydrogen-bond acceptors (Lipinski definition) is 0. The van der Waals surface area contributed by atoms with Gasteiger partial charge in [-0.05, 0) is 80.1 Å². The number of rotatable bonds is 2. The van der Waals surface area contributed by atoms with E-state index in [2.05, 4.69) is 28.7 Å². The molecule has 3 rings (SSSR count). The first kappa shape index (κ1) is 14.6. The molecule has 1 aromatic carbocycles. The molecule has 1 aromatic rings. The minimum atomic E-state index is -0.140. The second-order valence-corrected chi connectivity index (χ2v) is 8.04. The number of halogens is 2. The minimum Gasteiger partial charge on any atom is -0.207 e. The van der Waals surface area contributed by atoms with E-state index in [1.807, 2.05) is 12.1 Å². The fourth-order valence-electron chi connectivity index (χ4n) is 3.76. The highest BCUT2D eigenvalue weighted by atomic mass is 127. The van der Waals surface area contributed by atoms with Crippen LogP contribution in [-0.2, 0) is 0 Å². The summed E-state index contributed by atoms with van der Waals surface area (Å²) in [6.07, 6.45) is 11.8. The van der Waals surface area contributed by atoms with Gasteiger partial charge in [0.2, 0.25) is 0 Å². The molecule has 108 valence electrons. The van der Waals surface area contributed by atoms with Crippen molar-refractivity contribution in [3.05, 3.63) is 41.7 Å². The minimum absolute atomic E-state index is 0.140. The van der Waals surface area contributed by atoms with Crippen LogP contribution in [0.5, 0.6) is 0 Å². The van der Waals surface area contributed by atoms with Crippen LogP contribution < -0.4 is 0 Å². The van der Waals surface area contributed by atoms with Gasteiger partial charge in [-0.2, -0.15) is 0 Å². The van der Waals surface area contributed by atoms with Gasteiger partial charge in [-0.15, -0.1) is 0 Å². The number of hydrogen-bond donors (Lipinski definition) is 0. The molecule has 0 amide bonds. The molecule has 0 saturated heterocycles. The second kappa shape index (κ2) is 6.59. The average Bonchev–Trinajstić information content (AvgIpc) is 2.49. The smallest absolute Gasteiger partial charge is 0.123 e. The van der Waals surface area contributed by atoms with Gasteiger partial charge in [0.15, 0.2) is 0 Å². The van der Waals surface area contributed by atoms with E-state index in [-0.39, 0.29) is 5.82 Å². The Kier molecular flexibility index (Phi) is 4.79. The summed E-state index contributed by atoms with van der Waals surface area (Å²) < 4.78 is 13.9. The summed E-state index contributed by atoms with van der Waals surface area (Å²) in [6, 6.07) is 6.99. The predicted molar refractivity (Wildman–Crippen MR) is 91.5 cm³/mol. The molecule has 0 aliphatic heterocycles. The van der Waals surface area contributed by atoms with Crippen LogP contribution in [0.15, 0.2) is 30.3 Å². The van der Waals surface area contributed by atoms with E-state index in [1.54, 1.807) is 12.1 Å². The first-order valence-electron chi connectivity index (χ1n) is 7.81. The third-order valence-corrected chi connectivity index (χ3v) is 6.28. The zero-order chi connectivity index (χ0) is 13.9. The third kappa shape index (κ3) is 3.44. The van der Waals surface area contributed by atoms with Gasteiger partial charge in [0.05, 0.1) is 0 Å². The molecule has 0 bridgehead atoms. The van der Waals surface area contributed by atoms with Gasteiger partial charge in [-0.25, -0.2) is 4.39 Å². The van der Waals surface area contributed by atoms with Gasteiger partial charge >= 0.3 is 0 Å². The van der Waals surface area contributed by atoms with Crippen LogP contribution in [0.3, 0.4) is 0 Å². The lowest BCUT2D eigenvalue weighted by molar-refractivity contribution is 0.241. The van der Waals surface area contributed by atoms with Crippen LogP contribution in [0.25, 0.3) is 5.57 Å². The summed E-state index contributed by atoms with van der Waals surface area (Å²) in [5, 5.41) is 0. The van der Waals surface area contributed by atoms with E-state index in [4.69, 9.17) is 0 Å². The Morgan fingerprint density at radius 1 is 0.900 bits per heavy atom. The van der Waals surface area contributed by atoms with Crippen LogP contribution >= 0.6 is 22.6 Å². The lowest BCUT2D eigenvalue weighted by Crippen LogP contribution is -2.23. The van der Waals surface area contributed by atoms with Crippen molar-refractivity contribution >= 4 is 28.2 Å². The van der Waals surface area contributed by atoms with Gasteiger partial charge in [-0.3, -0.25) is 0 Å². The van der Waals surface area contributed by atoms with Crippen LogP contribution in [0.1, 0.15) is 50.5 Å². The first-order chi connectivity index (χ1) is 9.72. The molecule has 0 heterocycles. The summed E-state index contributed by atoms with van der Waals surface area (Å²) in [5.74, 6) is 1.70. The summed E-state index contributed by atoms with van der Waals surface area (Å²) in [7, 11) is 0. The predicted octanol–water partition coefficient (Wildman–Crippen LogP) is 6.00. The molecular weight excluding hydrogens is 362 g/mol. The van der Waals surface area contributed by atoms with Crippen molar-refractivity contribution in [3.8, 4) is 0 Å². The molecule has 1 fully saturated rings. The molecular formula is C18H22FI. The monoisotopic (exact) mass is 384 g/mol. The standard InChI is InChI=1S/C18H22FI/c19-17-9-5-15(6-10-17)13-1-3-14(4-2-13)16-7-11-18(20)12-8-16/h1,5-6,9-10,14,16,18H,2-4,7-8,11-12H2. The number of benzene rings is 1. The highest BCUT2D eigenvalue weighted by Crippen LogP contribution is 2.41. The van der Waals surface area contributed by atoms with E-state index >= 15 is 0 Å². The van der Waals surface area contributed by atoms with Crippen molar-refractivity contribution in [3.63, 3.8) is 0 Å². The van der Waals surface area contributed by atoms with Crippen molar-refractivity contribution in [2.75, 3.05) is 0 Å². The summed E-state index contributed by atoms with van der Waals surface area (Å²) in [6.45, 7) is 0. The maximum absolute atomic E-state index is 13.0. The van der Waals surface area contributed by atoms with E-state index in [9.17, 15) is 4.39 Å². The Morgan fingerprint density at radius 3 is 2.20 bits per heavy atom. The molecule has 0 N–H and O–H groups in total. The van der Waals surface area contributed by atoms with E-state index in [1.165, 1.54) is 56.1 Å². The highest BCUT2D eigenvalue weighted by molar-refractivity contribution is 14.1. The molecule has 2 aliphatic carbocycles. The van der Waals surface area contributed by atoms with Gasteiger partial charge < -0.3 is 0 Å². The first-order valence-corrected chi connectivity index (χ1v) is 9.06. The van der Waals surface area contributed by atoms with Crippen molar-refractivity contribution in [2.24, 2.45) is 11.8 Å². The largest absolute Gasteiger partial charge is 0.207 e. The Labute approximate surface area is 135 Å². The number of alkyl halides is 1. The van der Waals surface area contributed by atoms with Crippen LogP contribution in [0, 0.1) is 17.7 Å². The summed E-state index contributed by atoms with van der Waals surface area (Å²) in [5.41, 5.74) is 2.63. The van der Waals surface area contributed by atoms with Crippen molar-refractivity contribution in [1.82, 2.24) is 0 Å². The fourth-order valence-corrected chi connectivity index (χ4v) is 4.48. The Balaban J connectivity index is 1.61. The Hall–Kier alpha value is -0.380. The van der Waals surface area contributed by atoms with Crippen LogP contribution in [0.4, 0.5) is 4.39 Å². The fraction of sp³-hybridized carbons (Fsp3) is 0.556. The normalized spacial score (nSPS) is 30.9. The maximum Gasteiger partial charge on any atom is 0.123 e. The van der Waals surface area contributed by atoms with Gasteiger partial charge in [-0.1, -0.05) is 40.8 Å². The molecule has 1 saturated carbocycles. The Bertz CT molecular complexity index is 469. The summed E-state index contributed by atoms with van der Waals surface area (Å²) in [4.78, 5) is 0. The van der Waals surface area contributed by atoms with Crippen LogP contribution in [-0.4, -0.2) is 3.92 Å². The zero-order valence-corrected chi connectivity index (χ0v) is 14.0. The lowest BCUT2D eigenvalue weighted by Gasteiger charge is -2.34. The lowest BCUT2D eigenvalue weighted by atomic mass is 9.73. The third-order valence-electron chi connectivity index (χ3n) is 5.03. The van der Waals surface area contributed by atoms with Gasteiger partial charge in [0.25, 0.3) is 0 Å². The maximum atomic E-state index is 13.0. The molecule has 2 heteroatoms. The topological polar surface area (TPSA) is 0 Å². The van der Waals surface area contributed by atoms with Gasteiger partial charge in [0, 0.05) is 3.92 Å². The average molecular weight is 384 g/mol. The quantitative estimate of drug-likeness (QED) is 0.433. The van der Waals surface area contributed by atoms with E-state index in [0.29, 0.717) is 0 Å². The van der Waals surface area contributed by atoms with E-state index in [0.717, 1.165) is 15.8 Å². The molecule has 0 spiro atoms. The van der Waals surface area contributed by atoms with E-state index < -0.39 is 0 Å². The second-order valence-electron chi connectivity index (χ2n) is 6.28. The molecule has 2 aliphatic rings. The molecule has 1 atom stereocenters. The van der Waals surface area contributed by atoms with Crippen molar-refractivity contribution < 1.29 is 4.39 Å². The van der Waals surface area contributed by atoms with Gasteiger partial charge in [0.1, 0.15) is 5.82 Å². The highest BCUT2D eigenvalue weighted by Gasteiger charge is 2.27. The molecule has 0 nitrogen and oxygen atoms in total. The Morgan fingerprint density at radius 2 is 1.60 bits per heavy atom. The molecule has 0 aromatic heterocycles. The van der Waals surface area contributed by atoms with Crippen molar-refractivity contribution in [2.45, 2.75) is 48.9 Å². The molecule has 0 radical (unpaired) electrons. The molecule has 1 unspecified atom stereocenters. The zero-order valence-electron chi connectivity index (χ0n) is 11.8. The molecule has 20 heavy (non-hydrogen) atoms. The van der Waals surface area contributed by atoms with Crippen LogP contribution in [0.2, 0.25) is 0 Å². The number of allylic oxidation sites excluding steroid dienone is 2.